The van der Waals surface area contributed by atoms with Crippen LogP contribution in [0.15, 0.2) is 52.9 Å². The Morgan fingerprint density at radius 2 is 1.68 bits per heavy atom. The summed E-state index contributed by atoms with van der Waals surface area (Å²) in [7, 11) is 0. The molecule has 0 bridgehead atoms. The molecule has 0 aliphatic heterocycles. The van der Waals surface area contributed by atoms with Crippen LogP contribution in [0.25, 0.3) is 22.9 Å². The van der Waals surface area contributed by atoms with Gasteiger partial charge in [0, 0.05) is 17.2 Å². The van der Waals surface area contributed by atoms with Crippen molar-refractivity contribution in [3.05, 3.63) is 59.7 Å². The van der Waals surface area contributed by atoms with E-state index in [0.717, 1.165) is 36.8 Å². The number of esters is 1. The highest BCUT2D eigenvalue weighted by Crippen LogP contribution is 2.26. The van der Waals surface area contributed by atoms with Crippen molar-refractivity contribution in [1.82, 2.24) is 20.8 Å². The molecule has 1 aromatic heterocycles. The molecule has 1 aliphatic carbocycles. The second-order valence-electron chi connectivity index (χ2n) is 8.30. The predicted octanol–water partition coefficient (Wildman–Crippen LogP) is 4.03. The largest absolute Gasteiger partial charge is 0.449 e. The Labute approximate surface area is 196 Å². The normalized spacial score (nSPS) is 14.4. The molecule has 3 aromatic rings. The third-order valence-electron chi connectivity index (χ3n) is 5.75. The van der Waals surface area contributed by atoms with Crippen LogP contribution in [0.5, 0.6) is 0 Å². The van der Waals surface area contributed by atoms with E-state index in [9.17, 15) is 14.4 Å². The summed E-state index contributed by atoms with van der Waals surface area (Å²) >= 11 is 0. The van der Waals surface area contributed by atoms with Gasteiger partial charge >= 0.3 is 12.0 Å². The van der Waals surface area contributed by atoms with Crippen LogP contribution >= 0.6 is 0 Å². The maximum atomic E-state index is 12.4. The smallest absolute Gasteiger partial charge is 0.338 e. The van der Waals surface area contributed by atoms with Crippen molar-refractivity contribution in [3.63, 3.8) is 0 Å². The molecule has 1 fully saturated rings. The molecule has 3 amide bonds. The van der Waals surface area contributed by atoms with Gasteiger partial charge in [-0.1, -0.05) is 31.0 Å². The first-order valence-electron chi connectivity index (χ1n) is 11.2. The molecule has 34 heavy (non-hydrogen) atoms. The number of carbonyl (C=O) groups is 3. The molecule has 9 heteroatoms. The Kier molecular flexibility index (Phi) is 7.01. The van der Waals surface area contributed by atoms with Gasteiger partial charge in [0.05, 0.1) is 5.56 Å². The first kappa shape index (κ1) is 23.2. The summed E-state index contributed by atoms with van der Waals surface area (Å²) in [5.41, 5.74) is 2.76. The summed E-state index contributed by atoms with van der Waals surface area (Å²) in [5, 5.41) is 13.2. The summed E-state index contributed by atoms with van der Waals surface area (Å²) in [4.78, 5) is 36.6. The van der Waals surface area contributed by atoms with Crippen LogP contribution in [-0.4, -0.2) is 40.3 Å². The molecule has 4 rings (SSSR count). The lowest BCUT2D eigenvalue weighted by molar-refractivity contribution is -0.127. The van der Waals surface area contributed by atoms with Gasteiger partial charge in [0.1, 0.15) is 0 Å². The minimum absolute atomic E-state index is 0.0795. The number of hydrogen-bond acceptors (Lipinski definition) is 7. The van der Waals surface area contributed by atoms with E-state index < -0.39 is 24.0 Å². The predicted molar refractivity (Wildman–Crippen MR) is 124 cm³/mol. The molecule has 2 aromatic carbocycles. The van der Waals surface area contributed by atoms with Crippen LogP contribution in [0, 0.1) is 6.92 Å². The van der Waals surface area contributed by atoms with E-state index in [1.54, 1.807) is 24.3 Å². The standard InChI is InChI=1S/C25H26N4O5/c1-15-7-3-6-10-20(15)23-29-28-22(34-23)17-11-13-18(14-12-17)24(31)33-16(2)21(30)27-25(32)26-19-8-4-5-9-19/h3,6-7,10-14,16,19H,4-5,8-9H2,1-2H3,(H2,26,27,30,32). The van der Waals surface area contributed by atoms with Crippen LogP contribution in [0.1, 0.15) is 48.5 Å². The summed E-state index contributed by atoms with van der Waals surface area (Å²) in [6.07, 6.45) is 2.80. The van der Waals surface area contributed by atoms with Gasteiger partial charge in [0.15, 0.2) is 6.10 Å². The van der Waals surface area contributed by atoms with Crippen LogP contribution in [-0.2, 0) is 9.53 Å². The molecule has 0 spiro atoms. The molecular formula is C25H26N4O5. The second-order valence-corrected chi connectivity index (χ2v) is 8.30. The van der Waals surface area contributed by atoms with Crippen molar-refractivity contribution in [2.75, 3.05) is 0 Å². The zero-order valence-corrected chi connectivity index (χ0v) is 19.0. The quantitative estimate of drug-likeness (QED) is 0.530. The highest BCUT2D eigenvalue weighted by atomic mass is 16.5. The molecular weight excluding hydrogens is 436 g/mol. The van der Waals surface area contributed by atoms with Crippen molar-refractivity contribution in [3.8, 4) is 22.9 Å². The van der Waals surface area contributed by atoms with Crippen molar-refractivity contribution >= 4 is 17.9 Å². The molecule has 1 unspecified atom stereocenters. The molecule has 0 saturated heterocycles. The molecule has 176 valence electrons. The zero-order valence-electron chi connectivity index (χ0n) is 19.0. The fourth-order valence-corrected chi connectivity index (χ4v) is 3.80. The number of carbonyl (C=O) groups excluding carboxylic acids is 3. The van der Waals surface area contributed by atoms with Gasteiger partial charge in [-0.05, 0) is 62.6 Å². The molecule has 1 atom stereocenters. The van der Waals surface area contributed by atoms with Crippen molar-refractivity contribution < 1.29 is 23.5 Å². The summed E-state index contributed by atoms with van der Waals surface area (Å²) in [6.45, 7) is 3.37. The van der Waals surface area contributed by atoms with E-state index in [-0.39, 0.29) is 11.6 Å². The van der Waals surface area contributed by atoms with Crippen molar-refractivity contribution in [2.24, 2.45) is 0 Å². The number of ether oxygens (including phenoxy) is 1. The minimum atomic E-state index is -1.13. The SMILES string of the molecule is Cc1ccccc1-c1nnc(-c2ccc(C(=O)OC(C)C(=O)NC(=O)NC3CCCC3)cc2)o1. The number of aryl methyl sites for hydroxylation is 1. The highest BCUT2D eigenvalue weighted by Gasteiger charge is 2.23. The number of nitrogens with one attached hydrogen (secondary N) is 2. The summed E-state index contributed by atoms with van der Waals surface area (Å²) in [5.74, 6) is -0.640. The lowest BCUT2D eigenvalue weighted by Crippen LogP contribution is -2.47. The van der Waals surface area contributed by atoms with E-state index in [2.05, 4.69) is 20.8 Å². The third-order valence-corrected chi connectivity index (χ3v) is 5.75. The van der Waals surface area contributed by atoms with Gasteiger partial charge in [-0.3, -0.25) is 10.1 Å². The third kappa shape index (κ3) is 5.48. The fraction of sp³-hybridized carbons (Fsp3) is 0.320. The Balaban J connectivity index is 1.33. The molecule has 1 saturated carbocycles. The van der Waals surface area contributed by atoms with Gasteiger partial charge in [0.2, 0.25) is 11.8 Å². The number of hydrogen-bond donors (Lipinski definition) is 2. The zero-order chi connectivity index (χ0) is 24.1. The van der Waals surface area contributed by atoms with Gasteiger partial charge in [-0.2, -0.15) is 0 Å². The van der Waals surface area contributed by atoms with E-state index in [4.69, 9.17) is 9.15 Å². The molecule has 2 N–H and O–H groups in total. The topological polar surface area (TPSA) is 123 Å². The number of benzene rings is 2. The molecule has 0 radical (unpaired) electrons. The van der Waals surface area contributed by atoms with Crippen LogP contribution in [0.4, 0.5) is 4.79 Å². The average Bonchev–Trinajstić information content (AvgIpc) is 3.52. The number of urea groups is 1. The van der Waals surface area contributed by atoms with Gasteiger partial charge < -0.3 is 14.5 Å². The summed E-state index contributed by atoms with van der Waals surface area (Å²) in [6, 6.07) is 13.6. The Morgan fingerprint density at radius 1 is 1.00 bits per heavy atom. The average molecular weight is 463 g/mol. The molecule has 1 heterocycles. The minimum Gasteiger partial charge on any atom is -0.449 e. The Hall–Kier alpha value is -4.01. The van der Waals surface area contributed by atoms with E-state index in [1.807, 2.05) is 31.2 Å². The molecule has 9 nitrogen and oxygen atoms in total. The number of nitrogens with zero attached hydrogens (tertiary/aromatic N) is 2. The first-order chi connectivity index (χ1) is 16.4. The first-order valence-corrected chi connectivity index (χ1v) is 11.2. The van der Waals surface area contributed by atoms with Crippen LogP contribution in [0.3, 0.4) is 0 Å². The van der Waals surface area contributed by atoms with Gasteiger partial charge in [0.25, 0.3) is 5.91 Å². The fourth-order valence-electron chi connectivity index (χ4n) is 3.80. The van der Waals surface area contributed by atoms with Gasteiger partial charge in [-0.15, -0.1) is 10.2 Å². The van der Waals surface area contributed by atoms with Crippen LogP contribution in [0.2, 0.25) is 0 Å². The van der Waals surface area contributed by atoms with Crippen molar-refractivity contribution in [2.45, 2.75) is 51.7 Å². The lowest BCUT2D eigenvalue weighted by Gasteiger charge is -2.15. The van der Waals surface area contributed by atoms with Crippen molar-refractivity contribution in [1.29, 1.82) is 0 Å². The monoisotopic (exact) mass is 462 g/mol. The number of imide groups is 1. The Morgan fingerprint density at radius 3 is 2.38 bits per heavy atom. The maximum Gasteiger partial charge on any atom is 0.338 e. The second kappa shape index (κ2) is 10.3. The lowest BCUT2D eigenvalue weighted by atomic mass is 10.1. The van der Waals surface area contributed by atoms with E-state index in [0.29, 0.717) is 17.3 Å². The number of aromatic nitrogens is 2. The highest BCUT2D eigenvalue weighted by molar-refractivity contribution is 5.98. The maximum absolute atomic E-state index is 12.4. The Bertz CT molecular complexity index is 1180. The van der Waals surface area contributed by atoms with Gasteiger partial charge in [-0.25, -0.2) is 9.59 Å². The number of rotatable bonds is 6. The van der Waals surface area contributed by atoms with Crippen LogP contribution < -0.4 is 10.6 Å². The molecule has 1 aliphatic rings. The summed E-state index contributed by atoms with van der Waals surface area (Å²) < 4.78 is 11.0. The number of amides is 3. The van der Waals surface area contributed by atoms with E-state index >= 15 is 0 Å². The van der Waals surface area contributed by atoms with E-state index in [1.165, 1.54) is 6.92 Å².